The quantitative estimate of drug-likeness (QED) is 0.838. The summed E-state index contributed by atoms with van der Waals surface area (Å²) in [5, 5.41) is 13.6. The van der Waals surface area contributed by atoms with Crippen molar-refractivity contribution in [2.75, 3.05) is 26.7 Å². The van der Waals surface area contributed by atoms with Crippen molar-refractivity contribution >= 4 is 0 Å². The van der Waals surface area contributed by atoms with Gasteiger partial charge in [0.05, 0.1) is 6.61 Å². The highest BCUT2D eigenvalue weighted by molar-refractivity contribution is 5.45. The summed E-state index contributed by atoms with van der Waals surface area (Å²) in [6.07, 6.45) is 3.89. The SMILES string of the molecule is CCOc1cccc(CNCC2CCCCN2C)c1O. The fraction of sp³-hybridized carbons (Fsp3) is 0.625. The zero-order valence-electron chi connectivity index (χ0n) is 12.6. The zero-order valence-corrected chi connectivity index (χ0v) is 12.6. The Kier molecular flexibility index (Phi) is 5.68. The van der Waals surface area contributed by atoms with E-state index in [1.807, 2.05) is 19.1 Å². The van der Waals surface area contributed by atoms with E-state index in [1.165, 1.54) is 25.8 Å². The van der Waals surface area contributed by atoms with Crippen molar-refractivity contribution in [3.8, 4) is 11.5 Å². The lowest BCUT2D eigenvalue weighted by Crippen LogP contribution is -2.42. The van der Waals surface area contributed by atoms with Gasteiger partial charge in [0.15, 0.2) is 11.5 Å². The van der Waals surface area contributed by atoms with Crippen LogP contribution < -0.4 is 10.1 Å². The lowest BCUT2D eigenvalue weighted by molar-refractivity contribution is 0.181. The summed E-state index contributed by atoms with van der Waals surface area (Å²) in [7, 11) is 2.19. The van der Waals surface area contributed by atoms with Crippen molar-refractivity contribution in [1.29, 1.82) is 0 Å². The number of likely N-dealkylation sites (tertiary alicyclic amines) is 1. The van der Waals surface area contributed by atoms with Crippen molar-refractivity contribution < 1.29 is 9.84 Å². The van der Waals surface area contributed by atoms with Gasteiger partial charge in [-0.25, -0.2) is 0 Å². The van der Waals surface area contributed by atoms with Crippen LogP contribution >= 0.6 is 0 Å². The molecule has 2 rings (SSSR count). The van der Waals surface area contributed by atoms with Gasteiger partial charge >= 0.3 is 0 Å². The first-order valence-corrected chi connectivity index (χ1v) is 7.57. The molecule has 1 aromatic carbocycles. The average molecular weight is 278 g/mol. The molecule has 0 radical (unpaired) electrons. The Morgan fingerprint density at radius 1 is 1.40 bits per heavy atom. The number of likely N-dealkylation sites (N-methyl/N-ethyl adjacent to an activating group) is 1. The molecule has 0 saturated carbocycles. The Morgan fingerprint density at radius 3 is 3.00 bits per heavy atom. The normalized spacial score (nSPS) is 20.0. The van der Waals surface area contributed by atoms with Gasteiger partial charge in [-0.2, -0.15) is 0 Å². The molecule has 0 bridgehead atoms. The number of phenols is 1. The van der Waals surface area contributed by atoms with Crippen LogP contribution in [0.25, 0.3) is 0 Å². The first-order chi connectivity index (χ1) is 9.72. The molecule has 1 aliphatic heterocycles. The summed E-state index contributed by atoms with van der Waals surface area (Å²) < 4.78 is 5.40. The molecular formula is C16H26N2O2. The average Bonchev–Trinajstić information content (AvgIpc) is 2.45. The van der Waals surface area contributed by atoms with Gasteiger partial charge in [0.2, 0.25) is 0 Å². The van der Waals surface area contributed by atoms with Gasteiger partial charge in [0.1, 0.15) is 0 Å². The van der Waals surface area contributed by atoms with Crippen molar-refractivity contribution in [1.82, 2.24) is 10.2 Å². The van der Waals surface area contributed by atoms with Crippen molar-refractivity contribution in [2.45, 2.75) is 38.8 Å². The van der Waals surface area contributed by atoms with Gasteiger partial charge < -0.3 is 20.1 Å². The maximum absolute atomic E-state index is 10.1. The van der Waals surface area contributed by atoms with Gasteiger partial charge in [-0.05, 0) is 39.4 Å². The first kappa shape index (κ1) is 15.1. The monoisotopic (exact) mass is 278 g/mol. The molecule has 1 aliphatic rings. The molecule has 1 unspecified atom stereocenters. The predicted molar refractivity (Wildman–Crippen MR) is 81.3 cm³/mol. The number of phenolic OH excluding ortho intramolecular Hbond substituents is 1. The predicted octanol–water partition coefficient (Wildman–Crippen LogP) is 2.36. The molecule has 1 saturated heterocycles. The van der Waals surface area contributed by atoms with E-state index in [1.54, 1.807) is 6.07 Å². The van der Waals surface area contributed by atoms with Crippen LogP contribution in [-0.2, 0) is 6.54 Å². The fourth-order valence-electron chi connectivity index (χ4n) is 2.76. The number of ether oxygens (including phenoxy) is 1. The van der Waals surface area contributed by atoms with Crippen LogP contribution in [0, 0.1) is 0 Å². The molecular weight excluding hydrogens is 252 g/mol. The third kappa shape index (κ3) is 3.87. The minimum atomic E-state index is 0.263. The molecule has 0 aromatic heterocycles. The number of piperidine rings is 1. The number of rotatable bonds is 6. The Bertz CT molecular complexity index is 423. The van der Waals surface area contributed by atoms with E-state index in [4.69, 9.17) is 4.74 Å². The van der Waals surface area contributed by atoms with Crippen LogP contribution in [0.15, 0.2) is 18.2 Å². The molecule has 1 fully saturated rings. The van der Waals surface area contributed by atoms with E-state index in [0.29, 0.717) is 24.9 Å². The largest absolute Gasteiger partial charge is 0.504 e. The second-order valence-corrected chi connectivity index (χ2v) is 5.46. The van der Waals surface area contributed by atoms with Crippen molar-refractivity contribution in [3.05, 3.63) is 23.8 Å². The minimum absolute atomic E-state index is 0.263. The number of benzene rings is 1. The number of nitrogens with one attached hydrogen (secondary N) is 1. The van der Waals surface area contributed by atoms with Crippen LogP contribution in [0.5, 0.6) is 11.5 Å². The molecule has 1 atom stereocenters. The first-order valence-electron chi connectivity index (χ1n) is 7.57. The fourth-order valence-corrected chi connectivity index (χ4v) is 2.76. The standard InChI is InChI=1S/C16H26N2O2/c1-3-20-15-9-6-7-13(16(15)19)11-17-12-14-8-4-5-10-18(14)2/h6-7,9,14,17,19H,3-5,8,10-12H2,1-2H3. The van der Waals surface area contributed by atoms with E-state index in [0.717, 1.165) is 12.1 Å². The molecule has 2 N–H and O–H groups in total. The second kappa shape index (κ2) is 7.50. The highest BCUT2D eigenvalue weighted by atomic mass is 16.5. The van der Waals surface area contributed by atoms with Gasteiger partial charge in [-0.3, -0.25) is 0 Å². The van der Waals surface area contributed by atoms with E-state index >= 15 is 0 Å². The number of para-hydroxylation sites is 1. The third-order valence-electron chi connectivity index (χ3n) is 4.00. The summed E-state index contributed by atoms with van der Waals surface area (Å²) >= 11 is 0. The smallest absolute Gasteiger partial charge is 0.162 e. The molecule has 0 amide bonds. The Labute approximate surface area is 121 Å². The van der Waals surface area contributed by atoms with Crippen molar-refractivity contribution in [2.24, 2.45) is 0 Å². The molecule has 0 spiro atoms. The van der Waals surface area contributed by atoms with E-state index in [9.17, 15) is 5.11 Å². The lowest BCUT2D eigenvalue weighted by Gasteiger charge is -2.32. The Morgan fingerprint density at radius 2 is 2.25 bits per heavy atom. The van der Waals surface area contributed by atoms with E-state index < -0.39 is 0 Å². The van der Waals surface area contributed by atoms with Crippen LogP contribution in [0.4, 0.5) is 0 Å². The number of hydrogen-bond donors (Lipinski definition) is 2. The van der Waals surface area contributed by atoms with E-state index in [-0.39, 0.29) is 5.75 Å². The molecule has 1 aromatic rings. The van der Waals surface area contributed by atoms with Crippen LogP contribution in [-0.4, -0.2) is 42.8 Å². The number of nitrogens with zero attached hydrogens (tertiary/aromatic N) is 1. The summed E-state index contributed by atoms with van der Waals surface area (Å²) in [4.78, 5) is 2.42. The number of aromatic hydroxyl groups is 1. The molecule has 4 nitrogen and oxygen atoms in total. The Hall–Kier alpha value is -1.26. The summed E-state index contributed by atoms with van der Waals surface area (Å²) in [6.45, 7) is 5.32. The van der Waals surface area contributed by atoms with Crippen molar-refractivity contribution in [3.63, 3.8) is 0 Å². The molecule has 4 heteroatoms. The zero-order chi connectivity index (χ0) is 14.4. The highest BCUT2D eigenvalue weighted by Crippen LogP contribution is 2.29. The second-order valence-electron chi connectivity index (χ2n) is 5.46. The van der Waals surface area contributed by atoms with Gasteiger partial charge in [0.25, 0.3) is 0 Å². The third-order valence-corrected chi connectivity index (χ3v) is 4.00. The molecule has 0 aliphatic carbocycles. The van der Waals surface area contributed by atoms with Crippen LogP contribution in [0.1, 0.15) is 31.7 Å². The summed E-state index contributed by atoms with van der Waals surface area (Å²) in [6, 6.07) is 6.28. The topological polar surface area (TPSA) is 44.7 Å². The molecule has 112 valence electrons. The van der Waals surface area contributed by atoms with Gasteiger partial charge in [-0.15, -0.1) is 0 Å². The van der Waals surface area contributed by atoms with Gasteiger partial charge in [0, 0.05) is 24.7 Å². The Balaban J connectivity index is 1.86. The van der Waals surface area contributed by atoms with Gasteiger partial charge in [-0.1, -0.05) is 18.6 Å². The van der Waals surface area contributed by atoms with Crippen LogP contribution in [0.2, 0.25) is 0 Å². The summed E-state index contributed by atoms with van der Waals surface area (Å²) in [5.74, 6) is 0.834. The summed E-state index contributed by atoms with van der Waals surface area (Å²) in [5.41, 5.74) is 0.898. The minimum Gasteiger partial charge on any atom is -0.504 e. The van der Waals surface area contributed by atoms with Crippen LogP contribution in [0.3, 0.4) is 0 Å². The number of hydrogen-bond acceptors (Lipinski definition) is 4. The maximum atomic E-state index is 10.1. The highest BCUT2D eigenvalue weighted by Gasteiger charge is 2.18. The van der Waals surface area contributed by atoms with E-state index in [2.05, 4.69) is 17.3 Å². The molecule has 20 heavy (non-hydrogen) atoms. The maximum Gasteiger partial charge on any atom is 0.162 e. The molecule has 1 heterocycles. The lowest BCUT2D eigenvalue weighted by atomic mass is 10.0.